The Morgan fingerprint density at radius 3 is 2.75 bits per heavy atom. The van der Waals surface area contributed by atoms with Crippen molar-refractivity contribution < 1.29 is 10.0 Å². The van der Waals surface area contributed by atoms with Gasteiger partial charge in [0, 0.05) is 12.1 Å². The molecule has 1 aromatic rings. The second-order valence-electron chi connectivity index (χ2n) is 4.81. The number of thioether (sulfide) groups is 1. The molecule has 0 spiro atoms. The van der Waals surface area contributed by atoms with Crippen LogP contribution in [0.2, 0.25) is 0 Å². The molecular weight excluding hydrogens is 274 g/mol. The van der Waals surface area contributed by atoms with E-state index in [1.807, 2.05) is 24.3 Å². The number of oxime groups is 1. The SMILES string of the molecule is N/C(Cc1ccc(NC(=O)C2CCCCS2)cc1)=N/O. The number of nitrogens with one attached hydrogen (secondary N) is 1. The maximum atomic E-state index is 12.1. The maximum Gasteiger partial charge on any atom is 0.237 e. The quantitative estimate of drug-likeness (QED) is 0.344. The van der Waals surface area contributed by atoms with Crippen LogP contribution < -0.4 is 11.1 Å². The first kappa shape index (κ1) is 14.7. The molecule has 0 bridgehead atoms. The molecule has 1 aliphatic heterocycles. The third-order valence-corrected chi connectivity index (χ3v) is 4.58. The summed E-state index contributed by atoms with van der Waals surface area (Å²) in [5.41, 5.74) is 7.17. The Labute approximate surface area is 122 Å². The number of nitrogens with two attached hydrogens (primary N) is 1. The van der Waals surface area contributed by atoms with Crippen molar-refractivity contribution in [2.75, 3.05) is 11.1 Å². The van der Waals surface area contributed by atoms with Crippen molar-refractivity contribution in [3.05, 3.63) is 29.8 Å². The van der Waals surface area contributed by atoms with Crippen molar-refractivity contribution in [3.8, 4) is 0 Å². The van der Waals surface area contributed by atoms with Crippen LogP contribution in [0.3, 0.4) is 0 Å². The van der Waals surface area contributed by atoms with Crippen molar-refractivity contribution in [1.29, 1.82) is 0 Å². The molecule has 1 fully saturated rings. The van der Waals surface area contributed by atoms with Crippen LogP contribution in [0.4, 0.5) is 5.69 Å². The molecular formula is C14H19N3O2S. The minimum atomic E-state index is 0.0700. The minimum absolute atomic E-state index is 0.0700. The number of hydrogen-bond acceptors (Lipinski definition) is 4. The van der Waals surface area contributed by atoms with Crippen LogP contribution in [0.15, 0.2) is 29.4 Å². The van der Waals surface area contributed by atoms with Gasteiger partial charge in [-0.1, -0.05) is 23.7 Å². The third-order valence-electron chi connectivity index (χ3n) is 3.21. The average Bonchev–Trinajstić information content (AvgIpc) is 2.50. The zero-order valence-corrected chi connectivity index (χ0v) is 12.0. The van der Waals surface area contributed by atoms with E-state index in [-0.39, 0.29) is 17.0 Å². The Morgan fingerprint density at radius 2 is 2.15 bits per heavy atom. The van der Waals surface area contributed by atoms with Gasteiger partial charge in [0.15, 0.2) is 0 Å². The molecule has 1 amide bonds. The second kappa shape index (κ2) is 7.19. The lowest BCUT2D eigenvalue weighted by atomic mass is 10.1. The van der Waals surface area contributed by atoms with Crippen LogP contribution in [0.25, 0.3) is 0 Å². The van der Waals surface area contributed by atoms with E-state index in [1.54, 1.807) is 11.8 Å². The van der Waals surface area contributed by atoms with E-state index < -0.39 is 0 Å². The summed E-state index contributed by atoms with van der Waals surface area (Å²) in [5.74, 6) is 1.32. The molecule has 1 saturated heterocycles. The smallest absolute Gasteiger partial charge is 0.237 e. The number of nitrogens with zero attached hydrogens (tertiary/aromatic N) is 1. The molecule has 1 aliphatic rings. The normalized spacial score (nSPS) is 19.6. The van der Waals surface area contributed by atoms with Crippen LogP contribution >= 0.6 is 11.8 Å². The van der Waals surface area contributed by atoms with Crippen LogP contribution in [0, 0.1) is 0 Å². The van der Waals surface area contributed by atoms with Crippen LogP contribution in [-0.2, 0) is 11.2 Å². The van der Waals surface area contributed by atoms with Crippen molar-refractivity contribution in [3.63, 3.8) is 0 Å². The van der Waals surface area contributed by atoms with E-state index in [0.29, 0.717) is 6.42 Å². The van der Waals surface area contributed by atoms with E-state index >= 15 is 0 Å². The molecule has 0 saturated carbocycles. The van der Waals surface area contributed by atoms with E-state index in [9.17, 15) is 4.79 Å². The number of rotatable bonds is 4. The molecule has 1 unspecified atom stereocenters. The van der Waals surface area contributed by atoms with Gasteiger partial charge < -0.3 is 16.3 Å². The fraction of sp³-hybridized carbons (Fsp3) is 0.429. The summed E-state index contributed by atoms with van der Waals surface area (Å²) in [6.45, 7) is 0. The summed E-state index contributed by atoms with van der Waals surface area (Å²) in [6.07, 6.45) is 3.68. The molecule has 1 aromatic carbocycles. The zero-order chi connectivity index (χ0) is 14.4. The summed E-state index contributed by atoms with van der Waals surface area (Å²) in [6, 6.07) is 7.40. The number of carbonyl (C=O) groups is 1. The summed E-state index contributed by atoms with van der Waals surface area (Å²) >= 11 is 1.73. The zero-order valence-electron chi connectivity index (χ0n) is 11.2. The molecule has 0 radical (unpaired) electrons. The van der Waals surface area contributed by atoms with E-state index in [2.05, 4.69) is 10.5 Å². The van der Waals surface area contributed by atoms with Gasteiger partial charge in [-0.15, -0.1) is 11.8 Å². The Kier molecular flexibility index (Phi) is 5.29. The molecule has 5 nitrogen and oxygen atoms in total. The fourth-order valence-corrected chi connectivity index (χ4v) is 3.32. The topological polar surface area (TPSA) is 87.7 Å². The first-order valence-electron chi connectivity index (χ1n) is 6.67. The van der Waals surface area contributed by atoms with Crippen molar-refractivity contribution in [2.24, 2.45) is 10.9 Å². The number of amidine groups is 1. The molecule has 1 atom stereocenters. The number of benzene rings is 1. The Morgan fingerprint density at radius 1 is 1.40 bits per heavy atom. The van der Waals surface area contributed by atoms with Gasteiger partial charge in [0.05, 0.1) is 5.25 Å². The van der Waals surface area contributed by atoms with Gasteiger partial charge in [-0.3, -0.25) is 4.79 Å². The summed E-state index contributed by atoms with van der Waals surface area (Å²) in [7, 11) is 0. The molecule has 20 heavy (non-hydrogen) atoms. The molecule has 4 N–H and O–H groups in total. The van der Waals surface area contributed by atoms with Gasteiger partial charge in [-0.2, -0.15) is 0 Å². The molecule has 0 aromatic heterocycles. The largest absolute Gasteiger partial charge is 0.409 e. The summed E-state index contributed by atoms with van der Waals surface area (Å²) < 4.78 is 0. The van der Waals surface area contributed by atoms with Crippen LogP contribution in [-0.4, -0.2) is 28.0 Å². The highest BCUT2D eigenvalue weighted by atomic mass is 32.2. The Balaban J connectivity index is 1.91. The first-order valence-corrected chi connectivity index (χ1v) is 7.71. The predicted molar refractivity (Wildman–Crippen MR) is 82.3 cm³/mol. The van der Waals surface area contributed by atoms with Gasteiger partial charge in [0.25, 0.3) is 0 Å². The van der Waals surface area contributed by atoms with Crippen LogP contribution in [0.1, 0.15) is 24.8 Å². The molecule has 1 heterocycles. The monoisotopic (exact) mass is 293 g/mol. The fourth-order valence-electron chi connectivity index (χ4n) is 2.12. The van der Waals surface area contributed by atoms with Crippen molar-refractivity contribution >= 4 is 29.2 Å². The first-order chi connectivity index (χ1) is 9.69. The van der Waals surface area contributed by atoms with Gasteiger partial charge in [0.2, 0.25) is 5.91 Å². The highest BCUT2D eigenvalue weighted by Gasteiger charge is 2.21. The maximum absolute atomic E-state index is 12.1. The number of carbonyl (C=O) groups excluding carboxylic acids is 1. The molecule has 2 rings (SSSR count). The van der Waals surface area contributed by atoms with Crippen molar-refractivity contribution in [1.82, 2.24) is 0 Å². The lowest BCUT2D eigenvalue weighted by molar-refractivity contribution is -0.115. The predicted octanol–water partition coefficient (Wildman–Crippen LogP) is 2.20. The van der Waals surface area contributed by atoms with Gasteiger partial charge in [0.1, 0.15) is 5.84 Å². The second-order valence-corrected chi connectivity index (χ2v) is 6.12. The van der Waals surface area contributed by atoms with E-state index in [1.165, 1.54) is 6.42 Å². The number of hydrogen-bond donors (Lipinski definition) is 3. The summed E-state index contributed by atoms with van der Waals surface area (Å²) in [5, 5.41) is 14.5. The highest BCUT2D eigenvalue weighted by molar-refractivity contribution is 8.00. The highest BCUT2D eigenvalue weighted by Crippen LogP contribution is 2.26. The lowest BCUT2D eigenvalue weighted by Crippen LogP contribution is -2.27. The molecule has 0 aliphatic carbocycles. The Bertz CT molecular complexity index is 482. The number of anilines is 1. The van der Waals surface area contributed by atoms with Crippen LogP contribution in [0.5, 0.6) is 0 Å². The lowest BCUT2D eigenvalue weighted by Gasteiger charge is -2.20. The average molecular weight is 293 g/mol. The Hall–Kier alpha value is -1.69. The minimum Gasteiger partial charge on any atom is -0.409 e. The third kappa shape index (κ3) is 4.16. The van der Waals surface area contributed by atoms with E-state index in [4.69, 9.17) is 10.9 Å². The van der Waals surface area contributed by atoms with Crippen molar-refractivity contribution in [2.45, 2.75) is 30.9 Å². The summed E-state index contributed by atoms with van der Waals surface area (Å²) in [4.78, 5) is 12.1. The standard InChI is InChI=1S/C14H19N3O2S/c15-13(17-19)9-10-4-6-11(7-5-10)16-14(18)12-3-1-2-8-20-12/h4-7,12,19H,1-3,8-9H2,(H2,15,17)(H,16,18). The van der Waals surface area contributed by atoms with Gasteiger partial charge >= 0.3 is 0 Å². The van der Waals surface area contributed by atoms with E-state index in [0.717, 1.165) is 29.8 Å². The molecule has 6 heteroatoms. The van der Waals surface area contributed by atoms with Gasteiger partial charge in [-0.05, 0) is 36.3 Å². The van der Waals surface area contributed by atoms with Gasteiger partial charge in [-0.25, -0.2) is 0 Å². The number of amides is 1. The molecule has 108 valence electrons.